The number of aromatic nitrogens is 1. The lowest BCUT2D eigenvalue weighted by Gasteiger charge is -2.09. The molecule has 0 aromatic carbocycles. The highest BCUT2D eigenvalue weighted by atomic mass is 32.1. The number of hydrogen-bond acceptors (Lipinski definition) is 3. The minimum atomic E-state index is 0.432. The van der Waals surface area contributed by atoms with E-state index in [2.05, 4.69) is 29.5 Å². The summed E-state index contributed by atoms with van der Waals surface area (Å²) in [6.45, 7) is 4.31. The molecule has 1 atom stereocenters. The first-order valence-corrected chi connectivity index (χ1v) is 5.31. The Morgan fingerprint density at radius 2 is 2.33 bits per heavy atom. The summed E-state index contributed by atoms with van der Waals surface area (Å²) in [5.41, 5.74) is 1.20. The maximum Gasteiger partial charge on any atom is 0.0926 e. The van der Waals surface area contributed by atoms with Gasteiger partial charge in [-0.2, -0.15) is 0 Å². The fourth-order valence-corrected chi connectivity index (χ4v) is 2.01. The van der Waals surface area contributed by atoms with Crippen LogP contribution in [0.2, 0.25) is 0 Å². The summed E-state index contributed by atoms with van der Waals surface area (Å²) < 4.78 is 0. The standard InChI is InChI=1S/C9H16N2S/c1-4-7(10-3)8-6-12-9(5-2)11-8/h6-7,10H,4-5H2,1-3H3. The van der Waals surface area contributed by atoms with E-state index in [1.807, 2.05) is 7.05 Å². The Bertz CT molecular complexity index is 228. The molecular formula is C9H16N2S. The van der Waals surface area contributed by atoms with Crippen LogP contribution in [0.3, 0.4) is 0 Å². The molecule has 0 amide bonds. The van der Waals surface area contributed by atoms with Crippen LogP contribution in [-0.2, 0) is 6.42 Å². The van der Waals surface area contributed by atoms with Gasteiger partial charge in [0.15, 0.2) is 0 Å². The molecular weight excluding hydrogens is 168 g/mol. The summed E-state index contributed by atoms with van der Waals surface area (Å²) in [4.78, 5) is 4.53. The van der Waals surface area contributed by atoms with Gasteiger partial charge >= 0.3 is 0 Å². The van der Waals surface area contributed by atoms with E-state index in [-0.39, 0.29) is 0 Å². The smallest absolute Gasteiger partial charge is 0.0926 e. The van der Waals surface area contributed by atoms with E-state index in [9.17, 15) is 0 Å². The molecule has 1 heterocycles. The number of aryl methyl sites for hydroxylation is 1. The lowest BCUT2D eigenvalue weighted by Crippen LogP contribution is -2.15. The van der Waals surface area contributed by atoms with E-state index in [0.29, 0.717) is 6.04 Å². The summed E-state index contributed by atoms with van der Waals surface area (Å²) in [6, 6.07) is 0.432. The van der Waals surface area contributed by atoms with Gasteiger partial charge in [0.1, 0.15) is 0 Å². The molecule has 0 aliphatic rings. The van der Waals surface area contributed by atoms with Crippen molar-refractivity contribution in [2.75, 3.05) is 7.05 Å². The SMILES string of the molecule is CCc1nc(C(CC)NC)cs1. The number of nitrogens with zero attached hydrogens (tertiary/aromatic N) is 1. The third-order valence-electron chi connectivity index (χ3n) is 1.99. The lowest BCUT2D eigenvalue weighted by molar-refractivity contribution is 0.563. The zero-order valence-corrected chi connectivity index (χ0v) is 8.74. The summed E-state index contributed by atoms with van der Waals surface area (Å²) in [6.07, 6.45) is 2.15. The molecule has 68 valence electrons. The minimum Gasteiger partial charge on any atom is -0.312 e. The molecule has 3 heteroatoms. The Morgan fingerprint density at radius 1 is 1.58 bits per heavy atom. The molecule has 0 fully saturated rings. The van der Waals surface area contributed by atoms with Crippen molar-refractivity contribution >= 4 is 11.3 Å². The van der Waals surface area contributed by atoms with Crippen molar-refractivity contribution < 1.29 is 0 Å². The number of hydrogen-bond donors (Lipinski definition) is 1. The van der Waals surface area contributed by atoms with Crippen LogP contribution in [0.4, 0.5) is 0 Å². The second-order valence-corrected chi connectivity index (χ2v) is 3.71. The molecule has 0 saturated heterocycles. The quantitative estimate of drug-likeness (QED) is 0.777. The first-order valence-electron chi connectivity index (χ1n) is 4.43. The summed E-state index contributed by atoms with van der Waals surface area (Å²) in [5.74, 6) is 0. The van der Waals surface area contributed by atoms with Gasteiger partial charge in [0.2, 0.25) is 0 Å². The van der Waals surface area contributed by atoms with Crippen LogP contribution in [0.5, 0.6) is 0 Å². The van der Waals surface area contributed by atoms with Gasteiger partial charge in [-0.05, 0) is 19.9 Å². The predicted octanol–water partition coefficient (Wildman–Crippen LogP) is 2.38. The molecule has 12 heavy (non-hydrogen) atoms. The highest BCUT2D eigenvalue weighted by molar-refractivity contribution is 7.09. The third-order valence-corrected chi connectivity index (χ3v) is 3.00. The first kappa shape index (κ1) is 9.68. The monoisotopic (exact) mass is 184 g/mol. The molecule has 1 aromatic rings. The number of thiazole rings is 1. The predicted molar refractivity (Wildman–Crippen MR) is 53.6 cm³/mol. The summed E-state index contributed by atoms with van der Waals surface area (Å²) in [5, 5.41) is 6.64. The average molecular weight is 184 g/mol. The number of nitrogens with one attached hydrogen (secondary N) is 1. The van der Waals surface area contributed by atoms with E-state index >= 15 is 0 Å². The minimum absolute atomic E-state index is 0.432. The maximum absolute atomic E-state index is 4.53. The van der Waals surface area contributed by atoms with Crippen molar-refractivity contribution in [2.45, 2.75) is 32.7 Å². The van der Waals surface area contributed by atoms with E-state index < -0.39 is 0 Å². The first-order chi connectivity index (χ1) is 5.81. The topological polar surface area (TPSA) is 24.9 Å². The summed E-state index contributed by atoms with van der Waals surface area (Å²) in [7, 11) is 1.99. The van der Waals surface area contributed by atoms with Crippen molar-refractivity contribution in [2.24, 2.45) is 0 Å². The van der Waals surface area contributed by atoms with Gasteiger partial charge in [0, 0.05) is 11.4 Å². The van der Waals surface area contributed by atoms with Crippen molar-refractivity contribution in [3.05, 3.63) is 16.1 Å². The van der Waals surface area contributed by atoms with Crippen molar-refractivity contribution in [1.29, 1.82) is 0 Å². The van der Waals surface area contributed by atoms with Gasteiger partial charge in [-0.3, -0.25) is 0 Å². The van der Waals surface area contributed by atoms with E-state index in [4.69, 9.17) is 0 Å². The Labute approximate surface area is 78.0 Å². The van der Waals surface area contributed by atoms with E-state index in [0.717, 1.165) is 12.8 Å². The van der Waals surface area contributed by atoms with Crippen LogP contribution in [-0.4, -0.2) is 12.0 Å². The van der Waals surface area contributed by atoms with Gasteiger partial charge in [-0.1, -0.05) is 13.8 Å². The molecule has 2 nitrogen and oxygen atoms in total. The largest absolute Gasteiger partial charge is 0.312 e. The zero-order valence-electron chi connectivity index (χ0n) is 7.92. The fraction of sp³-hybridized carbons (Fsp3) is 0.667. The van der Waals surface area contributed by atoms with E-state index in [1.165, 1.54) is 10.7 Å². The Kier molecular flexibility index (Phi) is 3.69. The second kappa shape index (κ2) is 4.58. The molecule has 1 aromatic heterocycles. The number of rotatable bonds is 4. The molecule has 0 bridgehead atoms. The van der Waals surface area contributed by atoms with E-state index in [1.54, 1.807) is 11.3 Å². The van der Waals surface area contributed by atoms with Gasteiger partial charge < -0.3 is 5.32 Å². The Hall–Kier alpha value is -0.410. The third kappa shape index (κ3) is 2.05. The molecule has 0 spiro atoms. The van der Waals surface area contributed by atoms with Gasteiger partial charge in [0.25, 0.3) is 0 Å². The maximum atomic E-state index is 4.53. The molecule has 0 saturated carbocycles. The van der Waals surface area contributed by atoms with Crippen molar-refractivity contribution in [1.82, 2.24) is 10.3 Å². The summed E-state index contributed by atoms with van der Waals surface area (Å²) >= 11 is 1.76. The van der Waals surface area contributed by atoms with Crippen LogP contribution in [0.25, 0.3) is 0 Å². The molecule has 1 N–H and O–H groups in total. The van der Waals surface area contributed by atoms with Crippen LogP contribution in [0.1, 0.15) is 37.0 Å². The molecule has 0 aliphatic heterocycles. The Morgan fingerprint density at radius 3 is 2.75 bits per heavy atom. The van der Waals surface area contributed by atoms with Gasteiger partial charge in [0.05, 0.1) is 10.7 Å². The molecule has 0 radical (unpaired) electrons. The fourth-order valence-electron chi connectivity index (χ4n) is 1.21. The van der Waals surface area contributed by atoms with Crippen LogP contribution in [0, 0.1) is 0 Å². The highest BCUT2D eigenvalue weighted by Gasteiger charge is 2.09. The second-order valence-electron chi connectivity index (χ2n) is 2.77. The molecule has 0 aliphatic carbocycles. The molecule has 1 rings (SSSR count). The van der Waals surface area contributed by atoms with Crippen LogP contribution >= 0.6 is 11.3 Å². The molecule has 1 unspecified atom stereocenters. The Balaban J connectivity index is 2.72. The van der Waals surface area contributed by atoms with Crippen molar-refractivity contribution in [3.8, 4) is 0 Å². The van der Waals surface area contributed by atoms with Crippen molar-refractivity contribution in [3.63, 3.8) is 0 Å². The van der Waals surface area contributed by atoms with Gasteiger partial charge in [-0.25, -0.2) is 4.98 Å². The normalized spacial score (nSPS) is 13.2. The lowest BCUT2D eigenvalue weighted by atomic mass is 10.2. The zero-order chi connectivity index (χ0) is 8.97. The van der Waals surface area contributed by atoms with Crippen LogP contribution < -0.4 is 5.32 Å². The van der Waals surface area contributed by atoms with Gasteiger partial charge in [-0.15, -0.1) is 11.3 Å². The highest BCUT2D eigenvalue weighted by Crippen LogP contribution is 2.18. The van der Waals surface area contributed by atoms with Crippen LogP contribution in [0.15, 0.2) is 5.38 Å². The average Bonchev–Trinajstić information content (AvgIpc) is 2.55.